The van der Waals surface area contributed by atoms with Crippen molar-refractivity contribution in [3.63, 3.8) is 0 Å². The standard InChI is InChI=1S/C16H23NO2/c1-18-14-7-5-13(6-8-14)15-11-17-16(12-19-15)9-3-2-4-10-16/h5-8,15,17H,2-4,9-12H2,1H3. The van der Waals surface area contributed by atoms with Crippen LogP contribution in [0.15, 0.2) is 24.3 Å². The lowest BCUT2D eigenvalue weighted by atomic mass is 9.81. The Labute approximate surface area is 115 Å². The van der Waals surface area contributed by atoms with E-state index in [4.69, 9.17) is 9.47 Å². The van der Waals surface area contributed by atoms with Crippen LogP contribution in [0.2, 0.25) is 0 Å². The highest BCUT2D eigenvalue weighted by molar-refractivity contribution is 5.29. The summed E-state index contributed by atoms with van der Waals surface area (Å²) in [5, 5.41) is 3.76. The van der Waals surface area contributed by atoms with E-state index >= 15 is 0 Å². The summed E-state index contributed by atoms with van der Waals surface area (Å²) in [6.07, 6.45) is 6.77. The van der Waals surface area contributed by atoms with E-state index in [1.54, 1.807) is 7.11 Å². The fourth-order valence-corrected chi connectivity index (χ4v) is 3.26. The van der Waals surface area contributed by atoms with Crippen LogP contribution >= 0.6 is 0 Å². The largest absolute Gasteiger partial charge is 0.497 e. The van der Waals surface area contributed by atoms with Gasteiger partial charge in [0.15, 0.2) is 0 Å². The first kappa shape index (κ1) is 12.9. The number of rotatable bonds is 2. The minimum Gasteiger partial charge on any atom is -0.497 e. The predicted molar refractivity (Wildman–Crippen MR) is 75.5 cm³/mol. The lowest BCUT2D eigenvalue weighted by Gasteiger charge is -2.43. The number of hydrogen-bond acceptors (Lipinski definition) is 3. The molecule has 1 saturated heterocycles. The van der Waals surface area contributed by atoms with Crippen molar-refractivity contribution in [2.75, 3.05) is 20.3 Å². The molecule has 19 heavy (non-hydrogen) atoms. The van der Waals surface area contributed by atoms with Crippen LogP contribution in [0, 0.1) is 0 Å². The molecule has 104 valence electrons. The quantitative estimate of drug-likeness (QED) is 0.887. The van der Waals surface area contributed by atoms with Crippen molar-refractivity contribution in [2.24, 2.45) is 0 Å². The number of ether oxygens (including phenoxy) is 2. The topological polar surface area (TPSA) is 30.5 Å². The molecule has 1 spiro atoms. The molecule has 3 heteroatoms. The Hall–Kier alpha value is -1.06. The van der Waals surface area contributed by atoms with Crippen molar-refractivity contribution in [1.82, 2.24) is 5.32 Å². The third-order valence-corrected chi connectivity index (χ3v) is 4.52. The molecule has 3 nitrogen and oxygen atoms in total. The van der Waals surface area contributed by atoms with Gasteiger partial charge in [-0.05, 0) is 30.5 Å². The lowest BCUT2D eigenvalue weighted by molar-refractivity contribution is -0.0466. The smallest absolute Gasteiger partial charge is 0.118 e. The molecule has 2 fully saturated rings. The molecule has 1 aromatic carbocycles. The van der Waals surface area contributed by atoms with Crippen LogP contribution in [-0.4, -0.2) is 25.8 Å². The average Bonchev–Trinajstić information content (AvgIpc) is 2.49. The second-order valence-electron chi connectivity index (χ2n) is 5.79. The van der Waals surface area contributed by atoms with Gasteiger partial charge < -0.3 is 14.8 Å². The van der Waals surface area contributed by atoms with Crippen LogP contribution in [0.4, 0.5) is 0 Å². The van der Waals surface area contributed by atoms with Crippen LogP contribution in [0.1, 0.15) is 43.8 Å². The zero-order chi connectivity index (χ0) is 13.1. The van der Waals surface area contributed by atoms with E-state index in [2.05, 4.69) is 17.4 Å². The minimum atomic E-state index is 0.179. The summed E-state index contributed by atoms with van der Waals surface area (Å²) >= 11 is 0. The van der Waals surface area contributed by atoms with Crippen molar-refractivity contribution in [1.29, 1.82) is 0 Å². The van der Waals surface area contributed by atoms with E-state index in [9.17, 15) is 0 Å². The summed E-state index contributed by atoms with van der Waals surface area (Å²) in [7, 11) is 1.69. The maximum absolute atomic E-state index is 6.13. The van der Waals surface area contributed by atoms with Gasteiger partial charge in [-0.3, -0.25) is 0 Å². The third-order valence-electron chi connectivity index (χ3n) is 4.52. The molecule has 3 rings (SSSR count). The average molecular weight is 261 g/mol. The van der Waals surface area contributed by atoms with Gasteiger partial charge in [-0.25, -0.2) is 0 Å². The van der Waals surface area contributed by atoms with Gasteiger partial charge in [0.1, 0.15) is 5.75 Å². The van der Waals surface area contributed by atoms with Gasteiger partial charge in [0.25, 0.3) is 0 Å². The zero-order valence-electron chi connectivity index (χ0n) is 11.7. The van der Waals surface area contributed by atoms with Crippen molar-refractivity contribution in [2.45, 2.75) is 43.7 Å². The second-order valence-corrected chi connectivity index (χ2v) is 5.79. The van der Waals surface area contributed by atoms with E-state index < -0.39 is 0 Å². The van der Waals surface area contributed by atoms with E-state index in [0.717, 1.165) is 18.9 Å². The summed E-state index contributed by atoms with van der Waals surface area (Å²) in [5.74, 6) is 0.899. The molecule has 2 aliphatic rings. The summed E-state index contributed by atoms with van der Waals surface area (Å²) < 4.78 is 11.3. The van der Waals surface area contributed by atoms with Crippen molar-refractivity contribution < 1.29 is 9.47 Å². The van der Waals surface area contributed by atoms with E-state index in [1.807, 2.05) is 12.1 Å². The number of methoxy groups -OCH3 is 1. The summed E-state index contributed by atoms with van der Waals surface area (Å²) in [6, 6.07) is 8.21. The first-order chi connectivity index (χ1) is 9.31. The maximum Gasteiger partial charge on any atom is 0.118 e. The number of nitrogens with one attached hydrogen (secondary N) is 1. The van der Waals surface area contributed by atoms with Crippen molar-refractivity contribution >= 4 is 0 Å². The van der Waals surface area contributed by atoms with E-state index in [1.165, 1.54) is 37.7 Å². The van der Waals surface area contributed by atoms with Gasteiger partial charge >= 0.3 is 0 Å². The number of morpholine rings is 1. The Morgan fingerprint density at radius 2 is 1.89 bits per heavy atom. The molecule has 1 aromatic rings. The van der Waals surface area contributed by atoms with Crippen LogP contribution in [-0.2, 0) is 4.74 Å². The van der Waals surface area contributed by atoms with Crippen LogP contribution in [0.3, 0.4) is 0 Å². The van der Waals surface area contributed by atoms with Gasteiger partial charge in [-0.1, -0.05) is 31.4 Å². The Morgan fingerprint density at radius 1 is 1.16 bits per heavy atom. The summed E-state index contributed by atoms with van der Waals surface area (Å²) in [5.41, 5.74) is 1.50. The fraction of sp³-hybridized carbons (Fsp3) is 0.625. The van der Waals surface area contributed by atoms with Gasteiger partial charge in [0.2, 0.25) is 0 Å². The highest BCUT2D eigenvalue weighted by Crippen LogP contribution is 2.34. The molecule has 1 unspecified atom stereocenters. The number of hydrogen-bond donors (Lipinski definition) is 1. The Bertz CT molecular complexity index is 399. The van der Waals surface area contributed by atoms with Crippen LogP contribution in [0.5, 0.6) is 5.75 Å². The molecule has 0 aromatic heterocycles. The molecular formula is C16H23NO2. The predicted octanol–water partition coefficient (Wildman–Crippen LogP) is 3.06. The Kier molecular flexibility index (Phi) is 3.76. The van der Waals surface area contributed by atoms with Crippen LogP contribution < -0.4 is 10.1 Å². The fourth-order valence-electron chi connectivity index (χ4n) is 3.26. The zero-order valence-corrected chi connectivity index (χ0v) is 11.7. The summed E-state index contributed by atoms with van der Waals surface area (Å²) in [6.45, 7) is 1.77. The summed E-state index contributed by atoms with van der Waals surface area (Å²) in [4.78, 5) is 0. The molecule has 1 N–H and O–H groups in total. The highest BCUT2D eigenvalue weighted by atomic mass is 16.5. The third kappa shape index (κ3) is 2.77. The van der Waals surface area contributed by atoms with Gasteiger partial charge in [0.05, 0.1) is 19.8 Å². The highest BCUT2D eigenvalue weighted by Gasteiger charge is 2.36. The van der Waals surface area contributed by atoms with Crippen LogP contribution in [0.25, 0.3) is 0 Å². The first-order valence-electron chi connectivity index (χ1n) is 7.32. The van der Waals surface area contributed by atoms with Crippen molar-refractivity contribution in [3.8, 4) is 5.75 Å². The van der Waals surface area contributed by atoms with E-state index in [0.29, 0.717) is 0 Å². The normalized spacial score (nSPS) is 26.3. The molecule has 0 bridgehead atoms. The minimum absolute atomic E-state index is 0.179. The van der Waals surface area contributed by atoms with E-state index in [-0.39, 0.29) is 11.6 Å². The lowest BCUT2D eigenvalue weighted by Crippen LogP contribution is -2.55. The molecule has 1 aliphatic heterocycles. The first-order valence-corrected chi connectivity index (χ1v) is 7.32. The molecule has 1 aliphatic carbocycles. The Balaban J connectivity index is 1.62. The monoisotopic (exact) mass is 261 g/mol. The molecule has 1 atom stereocenters. The second kappa shape index (κ2) is 5.51. The SMILES string of the molecule is COc1ccc(C2CNC3(CCCCC3)CO2)cc1. The molecule has 0 radical (unpaired) electrons. The molecular weight excluding hydrogens is 238 g/mol. The van der Waals surface area contributed by atoms with Gasteiger partial charge in [-0.15, -0.1) is 0 Å². The van der Waals surface area contributed by atoms with Gasteiger partial charge in [-0.2, -0.15) is 0 Å². The molecule has 0 amide bonds. The van der Waals surface area contributed by atoms with Crippen molar-refractivity contribution in [3.05, 3.63) is 29.8 Å². The molecule has 1 saturated carbocycles. The molecule has 1 heterocycles. The number of benzene rings is 1. The van der Waals surface area contributed by atoms with Gasteiger partial charge in [0, 0.05) is 12.1 Å². The maximum atomic E-state index is 6.13. The Morgan fingerprint density at radius 3 is 2.47 bits per heavy atom.